The Morgan fingerprint density at radius 2 is 1.60 bits per heavy atom. The Labute approximate surface area is 308 Å². The molecule has 2 aromatic rings. The number of amides is 4. The molecular formula is C35H52N8O8S. The zero-order chi connectivity index (χ0) is 36.5. The number of aromatic nitrogens is 2. The first-order valence-electron chi connectivity index (χ1n) is 18.1. The number of thioether (sulfide) groups is 1. The van der Waals surface area contributed by atoms with E-state index in [2.05, 4.69) is 31.0 Å². The number of anilines is 2. The van der Waals surface area contributed by atoms with Gasteiger partial charge in [-0.1, -0.05) is 18.6 Å². The van der Waals surface area contributed by atoms with Crippen LogP contribution in [0.2, 0.25) is 0 Å². The van der Waals surface area contributed by atoms with Crippen LogP contribution in [-0.4, -0.2) is 147 Å². The summed E-state index contributed by atoms with van der Waals surface area (Å²) in [7, 11) is 0. The van der Waals surface area contributed by atoms with Crippen molar-refractivity contribution in [2.45, 2.75) is 49.4 Å². The number of carbonyl (C=O) groups excluding carboxylic acids is 3. The standard InChI is InChI=1S/C35H52N8O8S/c36-34-28(23-26(40-41-34)25-5-1-2-6-29(25)44)42-11-13-43(14-12-42)32(46)9-15-48-17-19-50-21-22-51-20-18-49-16-10-37-31(45)8-4-3-7-30-33-27(24-52-30)38-35(47)39-33/h1-2,5-6,23,27,30,33,44H,3-4,7-22,24H2,(H2,36,41)(H,37,45)(H2,38,39,47)/t27-,30-,33-/m0/s1. The highest BCUT2D eigenvalue weighted by Gasteiger charge is 2.42. The summed E-state index contributed by atoms with van der Waals surface area (Å²) in [6.07, 6.45) is 3.59. The molecule has 3 aliphatic heterocycles. The third kappa shape index (κ3) is 12.1. The average Bonchev–Trinajstić information content (AvgIpc) is 3.71. The van der Waals surface area contributed by atoms with Crippen LogP contribution in [0, 0.1) is 0 Å². The van der Waals surface area contributed by atoms with Gasteiger partial charge in [-0.3, -0.25) is 9.59 Å². The van der Waals surface area contributed by atoms with Gasteiger partial charge >= 0.3 is 6.03 Å². The minimum atomic E-state index is -0.0670. The fourth-order valence-electron chi connectivity index (χ4n) is 6.37. The first kappa shape index (κ1) is 39.3. The van der Waals surface area contributed by atoms with E-state index in [-0.39, 0.29) is 35.7 Å². The lowest BCUT2D eigenvalue weighted by molar-refractivity contribution is -0.132. The zero-order valence-corrected chi connectivity index (χ0v) is 30.4. The third-order valence-corrected chi connectivity index (χ3v) is 10.7. The van der Waals surface area contributed by atoms with Crippen molar-refractivity contribution in [3.8, 4) is 17.0 Å². The van der Waals surface area contributed by atoms with E-state index in [1.165, 1.54) is 0 Å². The van der Waals surface area contributed by atoms with Crippen LogP contribution in [0.25, 0.3) is 11.3 Å². The fourth-order valence-corrected chi connectivity index (χ4v) is 7.91. The summed E-state index contributed by atoms with van der Waals surface area (Å²) in [4.78, 5) is 40.2. The topological polar surface area (TPSA) is 203 Å². The third-order valence-electron chi connectivity index (χ3n) is 9.18. The van der Waals surface area contributed by atoms with Crippen molar-refractivity contribution in [2.75, 3.05) is 102 Å². The van der Waals surface area contributed by atoms with Crippen LogP contribution >= 0.6 is 11.8 Å². The van der Waals surface area contributed by atoms with Crippen molar-refractivity contribution in [3.05, 3.63) is 30.3 Å². The molecule has 1 aromatic heterocycles. The lowest BCUT2D eigenvalue weighted by Gasteiger charge is -2.36. The van der Waals surface area contributed by atoms with Gasteiger partial charge in [-0.15, -0.1) is 10.2 Å². The molecule has 3 atom stereocenters. The van der Waals surface area contributed by atoms with Crippen LogP contribution in [0.5, 0.6) is 5.75 Å². The number of fused-ring (bicyclic) bond motifs is 1. The van der Waals surface area contributed by atoms with Crippen molar-refractivity contribution < 1.29 is 38.4 Å². The molecule has 5 rings (SSSR count). The summed E-state index contributed by atoms with van der Waals surface area (Å²) in [5.74, 6) is 1.45. The van der Waals surface area contributed by atoms with Gasteiger partial charge in [-0.2, -0.15) is 11.8 Å². The number of unbranched alkanes of at least 4 members (excludes halogenated alkanes) is 1. The van der Waals surface area contributed by atoms with Crippen LogP contribution in [0.1, 0.15) is 32.1 Å². The minimum absolute atomic E-state index is 0.0304. The number of hydrogen-bond donors (Lipinski definition) is 5. The number of phenolic OH excluding ortho intramolecular Hbond substituents is 1. The molecule has 0 unspecified atom stereocenters. The molecule has 0 bridgehead atoms. The zero-order valence-electron chi connectivity index (χ0n) is 29.6. The molecule has 0 saturated carbocycles. The van der Waals surface area contributed by atoms with Crippen molar-refractivity contribution in [1.29, 1.82) is 0 Å². The Kier molecular flexibility index (Phi) is 15.8. The number of piperazine rings is 1. The van der Waals surface area contributed by atoms with E-state index in [9.17, 15) is 19.5 Å². The highest BCUT2D eigenvalue weighted by atomic mass is 32.2. The summed E-state index contributed by atoms with van der Waals surface area (Å²) < 4.78 is 22.2. The SMILES string of the molecule is Nc1nnc(-c2ccccc2O)cc1N1CCN(C(=O)CCOCCOCCOCCOCCNC(=O)CCCC[C@@H]2SC[C@@H]3NC(=O)N[C@@H]32)CC1. The Bertz CT molecular complexity index is 1450. The maximum atomic E-state index is 12.7. The van der Waals surface area contributed by atoms with Gasteiger partial charge in [-0.05, 0) is 31.0 Å². The Hall–Kier alpha value is -3.90. The largest absolute Gasteiger partial charge is 0.507 e. The number of rotatable bonds is 22. The number of hydrogen-bond acceptors (Lipinski definition) is 13. The molecule has 0 spiro atoms. The molecule has 4 heterocycles. The van der Waals surface area contributed by atoms with Crippen LogP contribution < -0.4 is 26.6 Å². The van der Waals surface area contributed by atoms with Gasteiger partial charge in [0.25, 0.3) is 0 Å². The number of phenols is 1. The Morgan fingerprint density at radius 3 is 2.33 bits per heavy atom. The van der Waals surface area contributed by atoms with Gasteiger partial charge in [0.05, 0.1) is 82.7 Å². The van der Waals surface area contributed by atoms with E-state index in [0.29, 0.717) is 121 Å². The second kappa shape index (κ2) is 21.0. The quantitative estimate of drug-likeness (QED) is 0.0856. The number of aromatic hydroxyl groups is 1. The molecule has 3 fully saturated rings. The molecule has 16 nitrogen and oxygen atoms in total. The van der Waals surface area contributed by atoms with Crippen molar-refractivity contribution in [1.82, 2.24) is 31.0 Å². The van der Waals surface area contributed by atoms with Crippen LogP contribution in [0.15, 0.2) is 30.3 Å². The number of urea groups is 1. The lowest BCUT2D eigenvalue weighted by atomic mass is 10.0. The molecule has 286 valence electrons. The smallest absolute Gasteiger partial charge is 0.315 e. The summed E-state index contributed by atoms with van der Waals surface area (Å²) in [6.45, 7) is 6.08. The fraction of sp³-hybridized carbons (Fsp3) is 0.629. The van der Waals surface area contributed by atoms with E-state index in [1.807, 2.05) is 28.8 Å². The van der Waals surface area contributed by atoms with Gasteiger partial charge < -0.3 is 55.5 Å². The number of nitrogen functional groups attached to an aromatic ring is 1. The number of nitrogens with zero attached hydrogens (tertiary/aromatic N) is 4. The summed E-state index contributed by atoms with van der Waals surface area (Å²) in [5, 5.41) is 27.7. The molecule has 52 heavy (non-hydrogen) atoms. The Morgan fingerprint density at radius 1 is 0.904 bits per heavy atom. The second-order valence-corrected chi connectivity index (χ2v) is 14.1. The predicted molar refractivity (Wildman–Crippen MR) is 197 cm³/mol. The summed E-state index contributed by atoms with van der Waals surface area (Å²) in [6, 6.07) is 9.15. The molecule has 17 heteroatoms. The van der Waals surface area contributed by atoms with Gasteiger partial charge in [0.2, 0.25) is 11.8 Å². The van der Waals surface area contributed by atoms with Gasteiger partial charge in [0, 0.05) is 55.7 Å². The van der Waals surface area contributed by atoms with Crippen molar-refractivity contribution in [3.63, 3.8) is 0 Å². The van der Waals surface area contributed by atoms with E-state index < -0.39 is 0 Å². The number of carbonyl (C=O) groups is 3. The molecule has 3 saturated heterocycles. The number of para-hydroxylation sites is 1. The highest BCUT2D eigenvalue weighted by molar-refractivity contribution is 8.00. The summed E-state index contributed by atoms with van der Waals surface area (Å²) in [5.41, 5.74) is 7.97. The molecule has 6 N–H and O–H groups in total. The number of benzene rings is 1. The van der Waals surface area contributed by atoms with Crippen LogP contribution in [0.3, 0.4) is 0 Å². The molecule has 0 aliphatic carbocycles. The predicted octanol–water partition coefficient (Wildman–Crippen LogP) is 1.38. The van der Waals surface area contributed by atoms with Gasteiger partial charge in [0.1, 0.15) is 5.75 Å². The summed E-state index contributed by atoms with van der Waals surface area (Å²) >= 11 is 1.90. The van der Waals surface area contributed by atoms with E-state index in [1.54, 1.807) is 18.2 Å². The van der Waals surface area contributed by atoms with E-state index >= 15 is 0 Å². The molecule has 1 aromatic carbocycles. The highest BCUT2D eigenvalue weighted by Crippen LogP contribution is 2.33. The average molecular weight is 745 g/mol. The minimum Gasteiger partial charge on any atom is -0.507 e. The van der Waals surface area contributed by atoms with Crippen LogP contribution in [0.4, 0.5) is 16.3 Å². The number of nitrogens with one attached hydrogen (secondary N) is 3. The molecular weight excluding hydrogens is 693 g/mol. The maximum Gasteiger partial charge on any atom is 0.315 e. The maximum absolute atomic E-state index is 12.7. The number of ether oxygens (including phenoxy) is 4. The van der Waals surface area contributed by atoms with Crippen LogP contribution in [-0.2, 0) is 28.5 Å². The molecule has 3 aliphatic rings. The molecule has 4 amide bonds. The van der Waals surface area contributed by atoms with E-state index in [0.717, 1.165) is 30.7 Å². The van der Waals surface area contributed by atoms with E-state index in [4.69, 9.17) is 24.7 Å². The number of nitrogens with two attached hydrogens (primary N) is 1. The van der Waals surface area contributed by atoms with Gasteiger partial charge in [0.15, 0.2) is 5.82 Å². The Balaban J connectivity index is 0.787. The van der Waals surface area contributed by atoms with Gasteiger partial charge in [-0.25, -0.2) is 4.79 Å². The van der Waals surface area contributed by atoms with Crippen molar-refractivity contribution >= 4 is 41.1 Å². The van der Waals surface area contributed by atoms with Crippen molar-refractivity contribution in [2.24, 2.45) is 0 Å². The normalized spacial score (nSPS) is 19.7. The molecule has 0 radical (unpaired) electrons. The lowest BCUT2D eigenvalue weighted by Crippen LogP contribution is -2.49. The second-order valence-electron chi connectivity index (χ2n) is 12.8. The monoisotopic (exact) mass is 744 g/mol. The first-order chi connectivity index (χ1) is 25.4. The first-order valence-corrected chi connectivity index (χ1v) is 19.1.